The van der Waals surface area contributed by atoms with Gasteiger partial charge in [-0.05, 0) is 41.1 Å². The smallest absolute Gasteiger partial charge is 0.374 e. The van der Waals surface area contributed by atoms with Crippen molar-refractivity contribution in [1.82, 2.24) is 5.32 Å². The number of carbonyl (C=O) groups is 2. The highest BCUT2D eigenvalue weighted by molar-refractivity contribution is 9.10. The molecule has 1 aromatic carbocycles. The molecule has 0 aliphatic carbocycles. The summed E-state index contributed by atoms with van der Waals surface area (Å²) in [6.07, 6.45) is 0. The fourth-order valence-electron chi connectivity index (χ4n) is 1.84. The summed E-state index contributed by atoms with van der Waals surface area (Å²) in [7, 11) is 0. The molecule has 0 unspecified atom stereocenters. The molecule has 8 heteroatoms. The van der Waals surface area contributed by atoms with E-state index in [1.165, 1.54) is 25.1 Å². The van der Waals surface area contributed by atoms with Crippen LogP contribution in [0.2, 0.25) is 0 Å². The Kier molecular flexibility index (Phi) is 5.49. The third-order valence-electron chi connectivity index (χ3n) is 2.92. The molecular formula is C15H12BrF2NO4. The highest BCUT2D eigenvalue weighted by Crippen LogP contribution is 2.18. The van der Waals surface area contributed by atoms with Gasteiger partial charge in [-0.2, -0.15) is 0 Å². The van der Waals surface area contributed by atoms with Crippen molar-refractivity contribution in [3.05, 3.63) is 58.0 Å². The van der Waals surface area contributed by atoms with Gasteiger partial charge in [-0.1, -0.05) is 6.07 Å². The summed E-state index contributed by atoms with van der Waals surface area (Å²) in [4.78, 5) is 23.3. The molecule has 1 amide bonds. The minimum absolute atomic E-state index is 0.0534. The molecule has 1 aromatic heterocycles. The second-order valence-electron chi connectivity index (χ2n) is 4.63. The number of halogens is 3. The summed E-state index contributed by atoms with van der Waals surface area (Å²) < 4.78 is 36.6. The molecule has 2 aromatic rings. The Balaban J connectivity index is 1.88. The molecule has 0 aliphatic heterocycles. The van der Waals surface area contributed by atoms with Crippen LogP contribution in [0.1, 0.15) is 29.1 Å². The molecule has 0 fully saturated rings. The third kappa shape index (κ3) is 4.62. The van der Waals surface area contributed by atoms with Crippen LogP contribution in [-0.4, -0.2) is 18.5 Å². The van der Waals surface area contributed by atoms with Gasteiger partial charge < -0.3 is 14.5 Å². The first-order valence-corrected chi connectivity index (χ1v) is 7.33. The third-order valence-corrected chi connectivity index (χ3v) is 3.34. The number of esters is 1. The van der Waals surface area contributed by atoms with Crippen molar-refractivity contribution in [2.24, 2.45) is 0 Å². The van der Waals surface area contributed by atoms with Crippen molar-refractivity contribution >= 4 is 27.8 Å². The summed E-state index contributed by atoms with van der Waals surface area (Å²) in [5.74, 6) is -2.95. The van der Waals surface area contributed by atoms with Gasteiger partial charge in [-0.15, -0.1) is 0 Å². The monoisotopic (exact) mass is 387 g/mol. The predicted molar refractivity (Wildman–Crippen MR) is 79.6 cm³/mol. The number of amides is 1. The molecule has 1 heterocycles. The summed E-state index contributed by atoms with van der Waals surface area (Å²) in [6.45, 7) is 0.976. The van der Waals surface area contributed by atoms with Gasteiger partial charge in [0.1, 0.15) is 11.6 Å². The molecule has 23 heavy (non-hydrogen) atoms. The number of nitrogens with one attached hydrogen (secondary N) is 1. The maximum atomic E-state index is 13.6. The van der Waals surface area contributed by atoms with Gasteiger partial charge in [-0.3, -0.25) is 4.79 Å². The lowest BCUT2D eigenvalue weighted by Gasteiger charge is -2.15. The van der Waals surface area contributed by atoms with Crippen molar-refractivity contribution in [3.8, 4) is 0 Å². The molecule has 0 aliphatic rings. The Morgan fingerprint density at radius 2 is 2.04 bits per heavy atom. The molecular weight excluding hydrogens is 376 g/mol. The molecule has 1 N–H and O–H groups in total. The summed E-state index contributed by atoms with van der Waals surface area (Å²) in [6, 6.07) is 5.25. The van der Waals surface area contributed by atoms with E-state index in [4.69, 9.17) is 9.15 Å². The highest BCUT2D eigenvalue weighted by Gasteiger charge is 2.17. The second kappa shape index (κ2) is 7.36. The van der Waals surface area contributed by atoms with E-state index in [1.807, 2.05) is 0 Å². The molecule has 0 radical (unpaired) electrons. The minimum Gasteiger partial charge on any atom is -0.450 e. The van der Waals surface area contributed by atoms with Crippen LogP contribution < -0.4 is 5.32 Å². The van der Waals surface area contributed by atoms with E-state index >= 15 is 0 Å². The van der Waals surface area contributed by atoms with Gasteiger partial charge in [0.05, 0.1) is 6.04 Å². The van der Waals surface area contributed by atoms with E-state index in [0.717, 1.165) is 12.1 Å². The van der Waals surface area contributed by atoms with Gasteiger partial charge in [0.25, 0.3) is 5.91 Å². The number of carbonyl (C=O) groups excluding carboxylic acids is 2. The van der Waals surface area contributed by atoms with Gasteiger partial charge in [0.15, 0.2) is 11.3 Å². The van der Waals surface area contributed by atoms with Crippen LogP contribution in [0.4, 0.5) is 8.78 Å². The fourth-order valence-corrected chi connectivity index (χ4v) is 2.15. The predicted octanol–water partition coefficient (Wildman–Crippen LogP) is 3.35. The molecule has 0 saturated heterocycles. The number of hydrogen-bond acceptors (Lipinski definition) is 4. The molecule has 2 rings (SSSR count). The first-order chi connectivity index (χ1) is 10.9. The molecule has 0 bridgehead atoms. The number of benzene rings is 1. The van der Waals surface area contributed by atoms with Gasteiger partial charge in [0.2, 0.25) is 5.76 Å². The van der Waals surface area contributed by atoms with E-state index in [9.17, 15) is 18.4 Å². The zero-order chi connectivity index (χ0) is 17.0. The molecule has 122 valence electrons. The fraction of sp³-hybridized carbons (Fsp3) is 0.200. The lowest BCUT2D eigenvalue weighted by molar-refractivity contribution is -0.124. The summed E-state index contributed by atoms with van der Waals surface area (Å²) in [5, 5.41) is 2.45. The van der Waals surface area contributed by atoms with E-state index in [1.54, 1.807) is 0 Å². The van der Waals surface area contributed by atoms with Crippen LogP contribution in [-0.2, 0) is 9.53 Å². The quantitative estimate of drug-likeness (QED) is 0.798. The Labute approximate surface area is 138 Å². The van der Waals surface area contributed by atoms with Crippen LogP contribution in [0.3, 0.4) is 0 Å². The average molecular weight is 388 g/mol. The van der Waals surface area contributed by atoms with Crippen molar-refractivity contribution in [3.63, 3.8) is 0 Å². The van der Waals surface area contributed by atoms with Crippen LogP contribution in [0.5, 0.6) is 0 Å². The average Bonchev–Trinajstić information content (AvgIpc) is 2.91. The van der Waals surface area contributed by atoms with Crippen molar-refractivity contribution in [1.29, 1.82) is 0 Å². The lowest BCUT2D eigenvalue weighted by Crippen LogP contribution is -2.31. The minimum atomic E-state index is -0.800. The summed E-state index contributed by atoms with van der Waals surface area (Å²) in [5.41, 5.74) is 0.126. The van der Waals surface area contributed by atoms with Crippen molar-refractivity contribution in [2.45, 2.75) is 13.0 Å². The maximum absolute atomic E-state index is 13.6. The van der Waals surface area contributed by atoms with Gasteiger partial charge >= 0.3 is 5.97 Å². The second-order valence-corrected chi connectivity index (χ2v) is 5.42. The first kappa shape index (κ1) is 17.1. The lowest BCUT2D eigenvalue weighted by atomic mass is 10.1. The SMILES string of the molecule is C[C@@H](NC(=O)COC(=O)c1ccc(Br)o1)c1ccc(F)cc1F. The van der Waals surface area contributed by atoms with E-state index in [-0.39, 0.29) is 11.3 Å². The van der Waals surface area contributed by atoms with E-state index < -0.39 is 36.2 Å². The molecule has 0 spiro atoms. The zero-order valence-corrected chi connectivity index (χ0v) is 13.5. The topological polar surface area (TPSA) is 68.5 Å². The maximum Gasteiger partial charge on any atom is 0.374 e. The standard InChI is InChI=1S/C15H12BrF2NO4/c1-8(10-3-2-9(17)6-11(10)18)19-14(20)7-22-15(21)12-4-5-13(16)23-12/h2-6,8H,7H2,1H3,(H,19,20)/t8-/m1/s1. The van der Waals surface area contributed by atoms with E-state index in [2.05, 4.69) is 21.2 Å². The van der Waals surface area contributed by atoms with Crippen LogP contribution in [0.25, 0.3) is 0 Å². The largest absolute Gasteiger partial charge is 0.450 e. The first-order valence-electron chi connectivity index (χ1n) is 6.53. The Hall–Kier alpha value is -2.22. The van der Waals surface area contributed by atoms with Gasteiger partial charge in [0, 0.05) is 11.6 Å². The van der Waals surface area contributed by atoms with Crippen LogP contribution in [0.15, 0.2) is 39.4 Å². The van der Waals surface area contributed by atoms with Crippen LogP contribution in [0, 0.1) is 11.6 Å². The van der Waals surface area contributed by atoms with Crippen molar-refractivity contribution in [2.75, 3.05) is 6.61 Å². The normalized spacial score (nSPS) is 11.8. The number of furan rings is 1. The molecule has 1 atom stereocenters. The summed E-state index contributed by atoms with van der Waals surface area (Å²) >= 11 is 3.03. The van der Waals surface area contributed by atoms with Crippen LogP contribution >= 0.6 is 15.9 Å². The Morgan fingerprint density at radius 3 is 2.65 bits per heavy atom. The number of ether oxygens (including phenoxy) is 1. The molecule has 0 saturated carbocycles. The Morgan fingerprint density at radius 1 is 1.30 bits per heavy atom. The number of rotatable bonds is 5. The molecule has 5 nitrogen and oxygen atoms in total. The highest BCUT2D eigenvalue weighted by atomic mass is 79.9. The van der Waals surface area contributed by atoms with Crippen molar-refractivity contribution < 1.29 is 27.5 Å². The van der Waals surface area contributed by atoms with Gasteiger partial charge in [-0.25, -0.2) is 13.6 Å². The van der Waals surface area contributed by atoms with E-state index in [0.29, 0.717) is 4.67 Å². The Bertz CT molecular complexity index is 732. The number of hydrogen-bond donors (Lipinski definition) is 1. The zero-order valence-electron chi connectivity index (χ0n) is 11.9.